The Kier molecular flexibility index (Phi) is 7.36. The largest absolute Gasteiger partial charge is 1.00 e. The van der Waals surface area contributed by atoms with E-state index in [1.165, 1.54) is 12.1 Å². The quantitative estimate of drug-likeness (QED) is 0.730. The number of nitrogens with zero attached hydrogens (tertiary/aromatic N) is 1. The molecule has 0 aromatic heterocycles. The van der Waals surface area contributed by atoms with E-state index in [-0.39, 0.29) is 64.0 Å². The molecule has 2 aromatic carbocycles. The second kappa shape index (κ2) is 8.78. The molecule has 0 aliphatic carbocycles. The summed E-state index contributed by atoms with van der Waals surface area (Å²) in [5.41, 5.74) is 2.82. The second-order valence-electron chi connectivity index (χ2n) is 8.09. The molecule has 1 aliphatic heterocycles. The van der Waals surface area contributed by atoms with Gasteiger partial charge in [-0.05, 0) is 23.8 Å². The molecular formula is C19H21B2F3KNO. The van der Waals surface area contributed by atoms with Gasteiger partial charge in [0.1, 0.15) is 5.75 Å². The van der Waals surface area contributed by atoms with Gasteiger partial charge in [-0.25, -0.2) is 0 Å². The number of anilines is 1. The van der Waals surface area contributed by atoms with Crippen molar-refractivity contribution in [1.82, 2.24) is 0 Å². The van der Waals surface area contributed by atoms with Crippen LogP contribution in [0, 0.1) is 0 Å². The van der Waals surface area contributed by atoms with Gasteiger partial charge in [0.15, 0.2) is 0 Å². The van der Waals surface area contributed by atoms with E-state index in [0.29, 0.717) is 0 Å². The third-order valence-electron chi connectivity index (χ3n) is 4.22. The maximum absolute atomic E-state index is 12.5. The van der Waals surface area contributed by atoms with Crippen molar-refractivity contribution >= 4 is 30.2 Å². The summed E-state index contributed by atoms with van der Waals surface area (Å²) >= 11 is 0. The molecule has 1 heterocycles. The molecule has 0 N–H and O–H groups in total. The van der Waals surface area contributed by atoms with Crippen LogP contribution >= 0.6 is 0 Å². The Hall–Kier alpha value is -0.664. The number of hydrogen-bond donors (Lipinski definition) is 0. The van der Waals surface area contributed by atoms with Gasteiger partial charge < -0.3 is 9.55 Å². The molecule has 27 heavy (non-hydrogen) atoms. The minimum absolute atomic E-state index is 0. The van der Waals surface area contributed by atoms with Gasteiger partial charge in [-0.3, -0.25) is 0 Å². The van der Waals surface area contributed by atoms with E-state index in [2.05, 4.69) is 42.1 Å². The fourth-order valence-corrected chi connectivity index (χ4v) is 3.32. The van der Waals surface area contributed by atoms with Gasteiger partial charge in [-0.1, -0.05) is 47.8 Å². The minimum Gasteiger partial charge on any atom is -0.441 e. The second-order valence-corrected chi connectivity index (χ2v) is 8.09. The molecule has 3 rings (SSSR count). The molecule has 0 amide bonds. The molecule has 0 radical (unpaired) electrons. The third kappa shape index (κ3) is 6.16. The van der Waals surface area contributed by atoms with Gasteiger partial charge >= 0.3 is 64.6 Å². The maximum atomic E-state index is 12.5. The van der Waals surface area contributed by atoms with Crippen LogP contribution in [-0.4, -0.2) is 25.8 Å². The predicted octanol–water partition coefficient (Wildman–Crippen LogP) is 1.74. The summed E-state index contributed by atoms with van der Waals surface area (Å²) in [5, 5.41) is 0. The van der Waals surface area contributed by atoms with Crippen molar-refractivity contribution in [2.45, 2.75) is 26.8 Å². The monoisotopic (exact) mass is 397 g/mol. The van der Waals surface area contributed by atoms with Gasteiger partial charge in [-0.2, -0.15) is 20.5 Å². The van der Waals surface area contributed by atoms with Gasteiger partial charge in [0.25, 0.3) is 0 Å². The zero-order valence-electron chi connectivity index (χ0n) is 16.1. The van der Waals surface area contributed by atoms with Crippen molar-refractivity contribution in [3.8, 4) is 5.75 Å². The number of benzene rings is 2. The molecule has 136 valence electrons. The first-order chi connectivity index (χ1) is 12.1. The Labute approximate surface area is 201 Å². The summed E-state index contributed by atoms with van der Waals surface area (Å²) in [6.07, 6.45) is -2.62. The number of alkyl halides is 3. The number of fused-ring (bicyclic) bond motifs is 1. The van der Waals surface area contributed by atoms with Crippen molar-refractivity contribution in [2.24, 2.45) is 0 Å². The van der Waals surface area contributed by atoms with Crippen LogP contribution in [0.4, 0.5) is 18.9 Å². The summed E-state index contributed by atoms with van der Waals surface area (Å²) in [7, 11) is 0. The van der Waals surface area contributed by atoms with Crippen molar-refractivity contribution in [2.75, 3.05) is 11.3 Å². The van der Waals surface area contributed by atoms with Crippen LogP contribution in [0.3, 0.4) is 0 Å². The van der Waals surface area contributed by atoms with Crippen molar-refractivity contribution < 1.29 is 69.3 Å². The zero-order valence-corrected chi connectivity index (χ0v) is 19.2. The van der Waals surface area contributed by atoms with E-state index in [0.717, 1.165) is 23.2 Å². The summed E-state index contributed by atoms with van der Waals surface area (Å²) < 4.78 is 41.6. The summed E-state index contributed by atoms with van der Waals surface area (Å²) in [4.78, 5) is 2.27. The first-order valence-corrected chi connectivity index (χ1v) is 8.81. The topological polar surface area (TPSA) is 12.5 Å². The molecule has 0 spiro atoms. The van der Waals surface area contributed by atoms with E-state index in [9.17, 15) is 13.2 Å². The minimum atomic E-state index is -4.69. The first kappa shape index (κ1) is 22.6. The summed E-state index contributed by atoms with van der Waals surface area (Å²) in [5.74, 6) is 1.84. The molecule has 0 bridgehead atoms. The molecule has 0 saturated carbocycles. The van der Waals surface area contributed by atoms with Crippen LogP contribution in [0.25, 0.3) is 6.08 Å². The smallest absolute Gasteiger partial charge is 0.441 e. The van der Waals surface area contributed by atoms with Crippen LogP contribution in [0.2, 0.25) is 20.5 Å². The molecule has 0 atom stereocenters. The molecule has 0 saturated heterocycles. The standard InChI is InChI=1S/C19H21B2F3NO.K/c1-21(2,3)14-25-18-10-9-17(26-19(22,23)24)13-15(18)11-12-20(25)16-7-5-4-6-8-16;/h4-13H,14H2,1-3H3;/q-1;+1. The number of ether oxygens (including phenoxy) is 1. The predicted molar refractivity (Wildman–Crippen MR) is 105 cm³/mol. The first-order valence-electron chi connectivity index (χ1n) is 8.81. The third-order valence-corrected chi connectivity index (χ3v) is 4.22. The maximum Gasteiger partial charge on any atom is 1.00 e. The average molecular weight is 397 g/mol. The Bertz CT molecular complexity index is 807. The normalized spacial score (nSPS) is 13.9. The van der Waals surface area contributed by atoms with Gasteiger partial charge in [-0.15, -0.1) is 19.6 Å². The van der Waals surface area contributed by atoms with Crippen LogP contribution in [0.1, 0.15) is 5.56 Å². The molecule has 2 aromatic rings. The summed E-state index contributed by atoms with van der Waals surface area (Å²) in [6, 6.07) is 14.7. The Morgan fingerprint density at radius 1 is 1.04 bits per heavy atom. The fraction of sp³-hybridized carbons (Fsp3) is 0.263. The molecule has 8 heteroatoms. The Balaban J connectivity index is 0.00000261. The van der Waals surface area contributed by atoms with Crippen molar-refractivity contribution in [1.29, 1.82) is 0 Å². The molecule has 0 unspecified atom stereocenters. The molecule has 0 fully saturated rings. The molecular weight excluding hydrogens is 376 g/mol. The number of rotatable bonds is 4. The van der Waals surface area contributed by atoms with E-state index in [1.807, 2.05) is 30.3 Å². The van der Waals surface area contributed by atoms with E-state index in [1.54, 1.807) is 6.07 Å². The average Bonchev–Trinajstić information content (AvgIpc) is 2.53. The van der Waals surface area contributed by atoms with Crippen LogP contribution in [0.15, 0.2) is 54.5 Å². The Morgan fingerprint density at radius 2 is 1.70 bits per heavy atom. The van der Waals surface area contributed by atoms with E-state index < -0.39 is 12.5 Å². The van der Waals surface area contributed by atoms with E-state index >= 15 is 0 Å². The Morgan fingerprint density at radius 3 is 2.30 bits per heavy atom. The SMILES string of the molecule is C[B-](C)(C)CN1B(c2ccccc2)C=Cc2cc(OC(F)(F)F)ccc21.[K+]. The number of halogens is 3. The van der Waals surface area contributed by atoms with Gasteiger partial charge in [0, 0.05) is 11.8 Å². The van der Waals surface area contributed by atoms with Crippen molar-refractivity contribution in [3.05, 3.63) is 60.1 Å². The van der Waals surface area contributed by atoms with E-state index in [4.69, 9.17) is 0 Å². The van der Waals surface area contributed by atoms with Gasteiger partial charge in [0.2, 0.25) is 0 Å². The van der Waals surface area contributed by atoms with Crippen LogP contribution in [0.5, 0.6) is 5.75 Å². The molecule has 2 nitrogen and oxygen atoms in total. The molecule has 1 aliphatic rings. The number of hydrogen-bond acceptors (Lipinski definition) is 2. The fourth-order valence-electron chi connectivity index (χ4n) is 3.32. The van der Waals surface area contributed by atoms with Crippen molar-refractivity contribution in [3.63, 3.8) is 0 Å². The summed E-state index contributed by atoms with van der Waals surface area (Å²) in [6.45, 7) is 6.68. The van der Waals surface area contributed by atoms with Gasteiger partial charge in [0.05, 0.1) is 0 Å². The van der Waals surface area contributed by atoms with Crippen LogP contribution < -0.4 is 66.4 Å². The zero-order chi connectivity index (χ0) is 18.9. The van der Waals surface area contributed by atoms with Crippen LogP contribution in [-0.2, 0) is 0 Å².